The lowest BCUT2D eigenvalue weighted by Crippen LogP contribution is -2.39. The smallest absolute Gasteiger partial charge is 0.0207 e. The summed E-state index contributed by atoms with van der Waals surface area (Å²) < 4.78 is 1.23. The normalized spacial score (nSPS) is 14.8. The van der Waals surface area contributed by atoms with Gasteiger partial charge in [0.1, 0.15) is 0 Å². The molecule has 0 saturated heterocycles. The minimum absolute atomic E-state index is 0.559. The zero-order valence-electron chi connectivity index (χ0n) is 12.0. The second-order valence-electron chi connectivity index (χ2n) is 5.46. The molecule has 0 aliphatic heterocycles. The van der Waals surface area contributed by atoms with E-state index >= 15 is 0 Å². The number of hydrogen-bond acceptors (Lipinski definition) is 1. The molecule has 0 aliphatic carbocycles. The lowest BCUT2D eigenvalue weighted by Gasteiger charge is -2.28. The van der Waals surface area contributed by atoms with E-state index in [1.807, 2.05) is 0 Å². The maximum absolute atomic E-state index is 3.71. The minimum Gasteiger partial charge on any atom is -0.313 e. The third-order valence-electron chi connectivity index (χ3n) is 3.74. The van der Waals surface area contributed by atoms with Crippen LogP contribution in [-0.4, -0.2) is 12.6 Å². The van der Waals surface area contributed by atoms with Crippen LogP contribution in [0, 0.1) is 11.8 Å². The first kappa shape index (κ1) is 15.7. The Morgan fingerprint density at radius 2 is 1.83 bits per heavy atom. The summed E-state index contributed by atoms with van der Waals surface area (Å²) >= 11 is 3.65. The summed E-state index contributed by atoms with van der Waals surface area (Å²) in [5.41, 5.74) is 1.40. The van der Waals surface area contributed by atoms with Crippen molar-refractivity contribution in [2.75, 3.05) is 6.54 Å². The molecule has 0 amide bonds. The Kier molecular flexibility index (Phi) is 6.95. The van der Waals surface area contributed by atoms with Gasteiger partial charge in [-0.3, -0.25) is 0 Å². The number of benzene rings is 1. The average molecular weight is 312 g/mol. The van der Waals surface area contributed by atoms with E-state index in [4.69, 9.17) is 0 Å². The predicted octanol–water partition coefficient (Wildman–Crippen LogP) is 4.65. The van der Waals surface area contributed by atoms with Gasteiger partial charge >= 0.3 is 0 Å². The topological polar surface area (TPSA) is 12.0 Å². The molecule has 18 heavy (non-hydrogen) atoms. The fourth-order valence-corrected chi connectivity index (χ4v) is 2.59. The van der Waals surface area contributed by atoms with Crippen molar-refractivity contribution in [1.29, 1.82) is 0 Å². The zero-order valence-corrected chi connectivity index (χ0v) is 13.6. The van der Waals surface area contributed by atoms with Gasteiger partial charge in [0.15, 0.2) is 0 Å². The van der Waals surface area contributed by atoms with Gasteiger partial charge in [-0.2, -0.15) is 0 Å². The summed E-state index contributed by atoms with van der Waals surface area (Å²) in [7, 11) is 0. The van der Waals surface area contributed by atoms with Gasteiger partial charge < -0.3 is 5.32 Å². The molecule has 0 heterocycles. The number of hydrogen-bond donors (Lipinski definition) is 1. The van der Waals surface area contributed by atoms with Crippen LogP contribution in [0.1, 0.15) is 39.7 Å². The molecule has 0 aliphatic rings. The van der Waals surface area contributed by atoms with Crippen LogP contribution in [0.4, 0.5) is 0 Å². The highest BCUT2D eigenvalue weighted by molar-refractivity contribution is 9.10. The molecule has 0 spiro atoms. The van der Waals surface area contributed by atoms with Crippen molar-refractivity contribution in [1.82, 2.24) is 5.32 Å². The lowest BCUT2D eigenvalue weighted by atomic mass is 9.86. The molecule has 1 N–H and O–H groups in total. The number of nitrogens with one attached hydrogen (secondary N) is 1. The van der Waals surface area contributed by atoms with E-state index in [2.05, 4.69) is 73.2 Å². The maximum Gasteiger partial charge on any atom is 0.0207 e. The third kappa shape index (κ3) is 4.74. The molecule has 0 saturated carbocycles. The van der Waals surface area contributed by atoms with Crippen LogP contribution >= 0.6 is 15.9 Å². The van der Waals surface area contributed by atoms with Crippen LogP contribution in [-0.2, 0) is 6.42 Å². The largest absolute Gasteiger partial charge is 0.313 e. The Balaban J connectivity index is 2.74. The Bertz CT molecular complexity index is 349. The summed E-state index contributed by atoms with van der Waals surface area (Å²) in [4.78, 5) is 0. The number of halogens is 1. The van der Waals surface area contributed by atoms with Gasteiger partial charge in [0, 0.05) is 10.5 Å². The van der Waals surface area contributed by atoms with Crippen molar-refractivity contribution in [2.45, 2.75) is 46.6 Å². The average Bonchev–Trinajstić information content (AvgIpc) is 2.35. The molecule has 0 radical (unpaired) electrons. The Morgan fingerprint density at radius 1 is 1.17 bits per heavy atom. The van der Waals surface area contributed by atoms with Crippen LogP contribution < -0.4 is 5.32 Å². The molecule has 1 aromatic carbocycles. The molecule has 1 aromatic rings. The van der Waals surface area contributed by atoms with E-state index in [0.29, 0.717) is 17.9 Å². The third-order valence-corrected chi connectivity index (χ3v) is 4.51. The highest BCUT2D eigenvalue weighted by Gasteiger charge is 2.20. The van der Waals surface area contributed by atoms with Gasteiger partial charge in [-0.15, -0.1) is 0 Å². The lowest BCUT2D eigenvalue weighted by molar-refractivity contribution is 0.297. The van der Waals surface area contributed by atoms with Crippen molar-refractivity contribution < 1.29 is 0 Å². The summed E-state index contributed by atoms with van der Waals surface area (Å²) in [6.45, 7) is 10.3. The molecule has 1 rings (SSSR count). The summed E-state index contributed by atoms with van der Waals surface area (Å²) in [5.74, 6) is 1.39. The molecule has 2 atom stereocenters. The van der Waals surface area contributed by atoms with Crippen LogP contribution in [0.15, 0.2) is 28.7 Å². The highest BCUT2D eigenvalue weighted by Crippen LogP contribution is 2.22. The quantitative estimate of drug-likeness (QED) is 0.772. The fourth-order valence-electron chi connectivity index (χ4n) is 2.14. The van der Waals surface area contributed by atoms with E-state index in [0.717, 1.165) is 13.0 Å². The van der Waals surface area contributed by atoms with Crippen molar-refractivity contribution in [3.05, 3.63) is 34.3 Å². The predicted molar refractivity (Wildman–Crippen MR) is 83.9 cm³/mol. The molecule has 2 heteroatoms. The van der Waals surface area contributed by atoms with Gasteiger partial charge in [-0.25, -0.2) is 0 Å². The Hall–Kier alpha value is -0.340. The first-order chi connectivity index (χ1) is 8.56. The Morgan fingerprint density at radius 3 is 2.39 bits per heavy atom. The molecule has 0 fully saturated rings. The van der Waals surface area contributed by atoms with Crippen molar-refractivity contribution in [3.63, 3.8) is 0 Å². The van der Waals surface area contributed by atoms with E-state index in [1.165, 1.54) is 16.5 Å². The molecular formula is C16H26BrN. The number of rotatable bonds is 7. The van der Waals surface area contributed by atoms with E-state index in [1.54, 1.807) is 0 Å². The molecule has 2 unspecified atom stereocenters. The van der Waals surface area contributed by atoms with Crippen LogP contribution in [0.5, 0.6) is 0 Å². The summed E-state index contributed by atoms with van der Waals surface area (Å²) in [6, 6.07) is 9.11. The monoisotopic (exact) mass is 311 g/mol. The molecular weight excluding hydrogens is 286 g/mol. The van der Waals surface area contributed by atoms with Gasteiger partial charge in [-0.05, 0) is 42.9 Å². The van der Waals surface area contributed by atoms with Gasteiger partial charge in [0.05, 0.1) is 0 Å². The molecule has 102 valence electrons. The second kappa shape index (κ2) is 7.96. The van der Waals surface area contributed by atoms with E-state index < -0.39 is 0 Å². The summed E-state index contributed by atoms with van der Waals surface area (Å²) in [6.07, 6.45) is 2.29. The van der Waals surface area contributed by atoms with Crippen molar-refractivity contribution in [2.24, 2.45) is 11.8 Å². The van der Waals surface area contributed by atoms with E-state index in [9.17, 15) is 0 Å². The molecule has 0 aromatic heterocycles. The van der Waals surface area contributed by atoms with E-state index in [-0.39, 0.29) is 0 Å². The fraction of sp³-hybridized carbons (Fsp3) is 0.625. The van der Waals surface area contributed by atoms with Crippen LogP contribution in [0.25, 0.3) is 0 Å². The first-order valence-corrected chi connectivity index (χ1v) is 7.82. The zero-order chi connectivity index (χ0) is 13.5. The SMILES string of the molecule is CCCNC(Cc1ccccc1Br)C(C)C(C)C. The molecule has 1 nitrogen and oxygen atoms in total. The minimum atomic E-state index is 0.559. The summed E-state index contributed by atoms with van der Waals surface area (Å²) in [5, 5.41) is 3.71. The second-order valence-corrected chi connectivity index (χ2v) is 6.31. The van der Waals surface area contributed by atoms with Crippen LogP contribution in [0.3, 0.4) is 0 Å². The maximum atomic E-state index is 3.71. The van der Waals surface area contributed by atoms with Gasteiger partial charge in [0.25, 0.3) is 0 Å². The Labute approximate surface area is 120 Å². The van der Waals surface area contributed by atoms with Crippen LogP contribution in [0.2, 0.25) is 0 Å². The highest BCUT2D eigenvalue weighted by atomic mass is 79.9. The standard InChI is InChI=1S/C16H26BrN/c1-5-10-18-16(13(4)12(2)3)11-14-8-6-7-9-15(14)17/h6-9,12-13,16,18H,5,10-11H2,1-4H3. The molecule has 0 bridgehead atoms. The van der Waals surface area contributed by atoms with Crippen molar-refractivity contribution >= 4 is 15.9 Å². The van der Waals surface area contributed by atoms with Crippen molar-refractivity contribution in [3.8, 4) is 0 Å². The first-order valence-electron chi connectivity index (χ1n) is 7.03. The van der Waals surface area contributed by atoms with Gasteiger partial charge in [0.2, 0.25) is 0 Å². The van der Waals surface area contributed by atoms with Gasteiger partial charge in [-0.1, -0.05) is 61.8 Å².